The fourth-order valence-corrected chi connectivity index (χ4v) is 3.88. The van der Waals surface area contributed by atoms with Crippen LogP contribution >= 0.6 is 22.9 Å². The third-order valence-corrected chi connectivity index (χ3v) is 5.24. The SMILES string of the molecule is COCCNCCNC(=O)c1cc2c(C)nn(-c3cccc(Cl)c3)c2s1. The number of ether oxygens (including phenoxy) is 1. The van der Waals surface area contributed by atoms with E-state index < -0.39 is 0 Å². The van der Waals surface area contributed by atoms with Gasteiger partial charge >= 0.3 is 0 Å². The Morgan fingerprint density at radius 2 is 2.15 bits per heavy atom. The summed E-state index contributed by atoms with van der Waals surface area (Å²) in [4.78, 5) is 14.0. The van der Waals surface area contributed by atoms with Gasteiger partial charge in [-0.05, 0) is 31.2 Å². The molecule has 0 unspecified atom stereocenters. The monoisotopic (exact) mass is 392 g/mol. The van der Waals surface area contributed by atoms with Gasteiger partial charge in [-0.2, -0.15) is 5.10 Å². The number of benzene rings is 1. The number of hydrogen-bond acceptors (Lipinski definition) is 5. The Morgan fingerprint density at radius 3 is 2.92 bits per heavy atom. The number of thiophene rings is 1. The van der Waals surface area contributed by atoms with E-state index in [2.05, 4.69) is 15.7 Å². The third kappa shape index (κ3) is 4.24. The molecule has 0 fully saturated rings. The smallest absolute Gasteiger partial charge is 0.261 e. The van der Waals surface area contributed by atoms with Crippen molar-refractivity contribution < 1.29 is 9.53 Å². The molecule has 3 rings (SSSR count). The fraction of sp³-hybridized carbons (Fsp3) is 0.333. The average Bonchev–Trinajstić information content (AvgIpc) is 3.19. The number of nitrogens with zero attached hydrogens (tertiary/aromatic N) is 2. The van der Waals surface area contributed by atoms with Gasteiger partial charge < -0.3 is 15.4 Å². The summed E-state index contributed by atoms with van der Waals surface area (Å²) in [5.74, 6) is -0.0724. The molecule has 26 heavy (non-hydrogen) atoms. The minimum Gasteiger partial charge on any atom is -0.383 e. The zero-order chi connectivity index (χ0) is 18.5. The Bertz CT molecular complexity index is 906. The second-order valence-electron chi connectivity index (χ2n) is 5.81. The average molecular weight is 393 g/mol. The van der Waals surface area contributed by atoms with Crippen molar-refractivity contribution in [3.8, 4) is 5.69 Å². The number of rotatable bonds is 8. The Labute approximate surface area is 161 Å². The highest BCUT2D eigenvalue weighted by Crippen LogP contribution is 2.30. The number of methoxy groups -OCH3 is 1. The fourth-order valence-electron chi connectivity index (χ4n) is 2.59. The van der Waals surface area contributed by atoms with Crippen molar-refractivity contribution >= 4 is 39.1 Å². The summed E-state index contributed by atoms with van der Waals surface area (Å²) in [5, 5.41) is 12.3. The minimum atomic E-state index is -0.0724. The summed E-state index contributed by atoms with van der Waals surface area (Å²) in [6, 6.07) is 9.42. The van der Waals surface area contributed by atoms with Crippen molar-refractivity contribution in [2.45, 2.75) is 6.92 Å². The van der Waals surface area contributed by atoms with E-state index in [0.717, 1.165) is 28.1 Å². The zero-order valence-electron chi connectivity index (χ0n) is 14.7. The van der Waals surface area contributed by atoms with Gasteiger partial charge in [-0.3, -0.25) is 4.79 Å². The van der Waals surface area contributed by atoms with Gasteiger partial charge in [0.15, 0.2) is 0 Å². The lowest BCUT2D eigenvalue weighted by atomic mass is 10.3. The molecular formula is C18H21ClN4O2S. The van der Waals surface area contributed by atoms with E-state index in [1.165, 1.54) is 11.3 Å². The predicted molar refractivity (Wildman–Crippen MR) is 106 cm³/mol. The largest absolute Gasteiger partial charge is 0.383 e. The summed E-state index contributed by atoms with van der Waals surface area (Å²) in [7, 11) is 1.66. The molecule has 0 atom stereocenters. The molecule has 0 aliphatic rings. The van der Waals surface area contributed by atoms with E-state index in [9.17, 15) is 4.79 Å². The molecule has 0 saturated carbocycles. The number of carbonyl (C=O) groups is 1. The van der Waals surface area contributed by atoms with Gasteiger partial charge in [0.25, 0.3) is 5.91 Å². The van der Waals surface area contributed by atoms with Gasteiger partial charge in [0, 0.05) is 37.2 Å². The van der Waals surface area contributed by atoms with Crippen LogP contribution in [0.3, 0.4) is 0 Å². The van der Waals surface area contributed by atoms with Crippen LogP contribution in [0.5, 0.6) is 0 Å². The minimum absolute atomic E-state index is 0.0724. The van der Waals surface area contributed by atoms with Crippen molar-refractivity contribution in [1.29, 1.82) is 0 Å². The molecule has 2 aromatic heterocycles. The molecule has 1 amide bonds. The maximum atomic E-state index is 12.4. The summed E-state index contributed by atoms with van der Waals surface area (Å²) >= 11 is 7.53. The number of aryl methyl sites for hydroxylation is 1. The first-order chi connectivity index (χ1) is 12.6. The van der Waals surface area contributed by atoms with E-state index in [4.69, 9.17) is 16.3 Å². The van der Waals surface area contributed by atoms with Gasteiger partial charge in [-0.25, -0.2) is 4.68 Å². The third-order valence-electron chi connectivity index (χ3n) is 3.89. The van der Waals surface area contributed by atoms with E-state index in [1.807, 2.05) is 41.9 Å². The highest BCUT2D eigenvalue weighted by atomic mass is 35.5. The Balaban J connectivity index is 1.73. The molecule has 2 N–H and O–H groups in total. The molecule has 0 radical (unpaired) electrons. The summed E-state index contributed by atoms with van der Waals surface area (Å²) < 4.78 is 6.80. The van der Waals surface area contributed by atoms with Crippen LogP contribution in [0.4, 0.5) is 0 Å². The summed E-state index contributed by atoms with van der Waals surface area (Å²) in [5.41, 5.74) is 1.77. The molecule has 0 spiro atoms. The lowest BCUT2D eigenvalue weighted by Crippen LogP contribution is -2.32. The topological polar surface area (TPSA) is 68.2 Å². The van der Waals surface area contributed by atoms with Crippen LogP contribution in [0.25, 0.3) is 15.9 Å². The van der Waals surface area contributed by atoms with Crippen molar-refractivity contribution in [1.82, 2.24) is 20.4 Å². The number of fused-ring (bicyclic) bond motifs is 1. The highest BCUT2D eigenvalue weighted by Gasteiger charge is 2.17. The van der Waals surface area contributed by atoms with Gasteiger partial charge in [-0.15, -0.1) is 11.3 Å². The molecule has 6 nitrogen and oxygen atoms in total. The van der Waals surface area contributed by atoms with E-state index in [-0.39, 0.29) is 5.91 Å². The van der Waals surface area contributed by atoms with Gasteiger partial charge in [0.2, 0.25) is 0 Å². The first-order valence-electron chi connectivity index (χ1n) is 8.33. The van der Waals surface area contributed by atoms with Crippen molar-refractivity contribution in [3.05, 3.63) is 45.9 Å². The second kappa shape index (κ2) is 8.64. The van der Waals surface area contributed by atoms with Crippen LogP contribution in [-0.4, -0.2) is 49.0 Å². The summed E-state index contributed by atoms with van der Waals surface area (Å²) in [6.07, 6.45) is 0. The van der Waals surface area contributed by atoms with Gasteiger partial charge in [0.05, 0.1) is 22.9 Å². The number of nitrogens with one attached hydrogen (secondary N) is 2. The van der Waals surface area contributed by atoms with Crippen LogP contribution < -0.4 is 10.6 Å². The molecular weight excluding hydrogens is 372 g/mol. The van der Waals surface area contributed by atoms with Crippen LogP contribution in [0.15, 0.2) is 30.3 Å². The number of hydrogen-bond donors (Lipinski definition) is 2. The maximum absolute atomic E-state index is 12.4. The van der Waals surface area contributed by atoms with E-state index >= 15 is 0 Å². The molecule has 3 aromatic rings. The van der Waals surface area contributed by atoms with Crippen LogP contribution in [0.2, 0.25) is 5.02 Å². The van der Waals surface area contributed by atoms with Crippen molar-refractivity contribution in [3.63, 3.8) is 0 Å². The van der Waals surface area contributed by atoms with Gasteiger partial charge in [0.1, 0.15) is 4.83 Å². The molecule has 0 aliphatic heterocycles. The molecule has 0 bridgehead atoms. The van der Waals surface area contributed by atoms with Crippen LogP contribution in [-0.2, 0) is 4.74 Å². The summed E-state index contributed by atoms with van der Waals surface area (Å²) in [6.45, 7) is 4.64. The second-order valence-corrected chi connectivity index (χ2v) is 7.27. The Hall–Kier alpha value is -1.93. The number of aromatic nitrogens is 2. The van der Waals surface area contributed by atoms with E-state index in [0.29, 0.717) is 29.6 Å². The Morgan fingerprint density at radius 1 is 1.31 bits per heavy atom. The zero-order valence-corrected chi connectivity index (χ0v) is 16.3. The quantitative estimate of drug-likeness (QED) is 0.578. The predicted octanol–water partition coefficient (Wildman–Crippen LogP) is 3.01. The number of carbonyl (C=O) groups excluding carboxylic acids is 1. The maximum Gasteiger partial charge on any atom is 0.261 e. The van der Waals surface area contributed by atoms with Crippen molar-refractivity contribution in [2.24, 2.45) is 0 Å². The van der Waals surface area contributed by atoms with Gasteiger partial charge in [-0.1, -0.05) is 17.7 Å². The molecule has 2 heterocycles. The standard InChI is InChI=1S/C18H21ClN4O2S/c1-12-15-11-16(17(24)21-7-6-20-8-9-25-2)26-18(15)23(22-12)14-5-3-4-13(19)10-14/h3-5,10-11,20H,6-9H2,1-2H3,(H,21,24). The first-order valence-corrected chi connectivity index (χ1v) is 9.52. The molecule has 0 aliphatic carbocycles. The van der Waals surface area contributed by atoms with Crippen molar-refractivity contribution in [2.75, 3.05) is 33.4 Å². The number of amides is 1. The van der Waals surface area contributed by atoms with Crippen LogP contribution in [0, 0.1) is 6.92 Å². The molecule has 138 valence electrons. The lowest BCUT2D eigenvalue weighted by Gasteiger charge is -2.05. The Kier molecular flexibility index (Phi) is 6.26. The highest BCUT2D eigenvalue weighted by molar-refractivity contribution is 7.20. The van der Waals surface area contributed by atoms with Crippen LogP contribution in [0.1, 0.15) is 15.4 Å². The normalized spacial score (nSPS) is 11.2. The first kappa shape index (κ1) is 18.8. The molecule has 1 aromatic carbocycles. The molecule has 8 heteroatoms. The molecule has 0 saturated heterocycles. The number of halogens is 1. The lowest BCUT2D eigenvalue weighted by molar-refractivity contribution is 0.0958. The van der Waals surface area contributed by atoms with E-state index in [1.54, 1.807) is 7.11 Å².